The van der Waals surface area contributed by atoms with E-state index in [1.54, 1.807) is 16.5 Å². The quantitative estimate of drug-likeness (QED) is 0.813. The number of nitrogens with zero attached hydrogens (tertiary/aromatic N) is 3. The molecule has 3 rings (SSSR count). The molecule has 1 aromatic rings. The standard InChI is InChI=1S/C16H25N3O4S/c1-12-9-18(10-13(2)23-12)16(20)15-8-14(11-17(15)3)24(21,22)19-6-4-5-7-19/h8,11-13H,4-7,9-10H2,1-3H3. The van der Waals surface area contributed by atoms with Crippen molar-refractivity contribution in [3.8, 4) is 0 Å². The Labute approximate surface area is 143 Å². The molecule has 24 heavy (non-hydrogen) atoms. The zero-order valence-corrected chi connectivity index (χ0v) is 15.3. The average Bonchev–Trinajstić information content (AvgIpc) is 3.15. The van der Waals surface area contributed by atoms with Gasteiger partial charge in [0.05, 0.1) is 12.2 Å². The molecule has 1 amide bonds. The average molecular weight is 355 g/mol. The summed E-state index contributed by atoms with van der Waals surface area (Å²) in [4.78, 5) is 14.7. The highest BCUT2D eigenvalue weighted by atomic mass is 32.2. The Bertz CT molecular complexity index is 712. The third-order valence-electron chi connectivity index (χ3n) is 4.61. The summed E-state index contributed by atoms with van der Waals surface area (Å²) in [5, 5.41) is 0. The van der Waals surface area contributed by atoms with E-state index in [1.807, 2.05) is 13.8 Å². The van der Waals surface area contributed by atoms with Crippen LogP contribution in [0, 0.1) is 0 Å². The maximum Gasteiger partial charge on any atom is 0.270 e. The number of amides is 1. The number of ether oxygens (including phenoxy) is 1. The smallest absolute Gasteiger partial charge is 0.270 e. The van der Waals surface area contributed by atoms with Crippen molar-refractivity contribution in [1.29, 1.82) is 0 Å². The first kappa shape index (κ1) is 17.4. The van der Waals surface area contributed by atoms with Gasteiger partial charge in [0.2, 0.25) is 10.0 Å². The fourth-order valence-electron chi connectivity index (χ4n) is 3.47. The van der Waals surface area contributed by atoms with E-state index in [0.717, 1.165) is 12.8 Å². The molecule has 0 radical (unpaired) electrons. The second-order valence-corrected chi connectivity index (χ2v) is 8.69. The number of morpholine rings is 1. The summed E-state index contributed by atoms with van der Waals surface area (Å²) >= 11 is 0. The molecule has 0 N–H and O–H groups in total. The molecule has 1 aromatic heterocycles. The Balaban J connectivity index is 1.85. The second-order valence-electron chi connectivity index (χ2n) is 6.75. The fourth-order valence-corrected chi connectivity index (χ4v) is 5.06. The maximum absolute atomic E-state index is 12.8. The second kappa shape index (κ2) is 6.50. The molecule has 0 aliphatic carbocycles. The van der Waals surface area contributed by atoms with Gasteiger partial charge in [-0.15, -0.1) is 0 Å². The van der Waals surface area contributed by atoms with Crippen molar-refractivity contribution in [1.82, 2.24) is 13.8 Å². The van der Waals surface area contributed by atoms with Crippen molar-refractivity contribution < 1.29 is 17.9 Å². The minimum Gasteiger partial charge on any atom is -0.372 e. The summed E-state index contributed by atoms with van der Waals surface area (Å²) in [5.41, 5.74) is 0.397. The Kier molecular flexibility index (Phi) is 4.72. The molecule has 2 atom stereocenters. The van der Waals surface area contributed by atoms with Crippen LogP contribution in [-0.4, -0.2) is 66.5 Å². The van der Waals surface area contributed by atoms with E-state index < -0.39 is 10.0 Å². The van der Waals surface area contributed by atoms with Crippen LogP contribution in [0.1, 0.15) is 37.2 Å². The first-order valence-corrected chi connectivity index (χ1v) is 9.84. The summed E-state index contributed by atoms with van der Waals surface area (Å²) in [7, 11) is -1.80. The minimum absolute atomic E-state index is 0.0224. The number of aryl methyl sites for hydroxylation is 1. The van der Waals surface area contributed by atoms with Gasteiger partial charge >= 0.3 is 0 Å². The number of aromatic nitrogens is 1. The zero-order chi connectivity index (χ0) is 17.5. The van der Waals surface area contributed by atoms with Gasteiger partial charge in [0.1, 0.15) is 10.6 Å². The summed E-state index contributed by atoms with van der Waals surface area (Å²) in [6, 6.07) is 1.50. The van der Waals surface area contributed by atoms with Gasteiger partial charge in [-0.1, -0.05) is 0 Å². The zero-order valence-electron chi connectivity index (χ0n) is 14.4. The van der Waals surface area contributed by atoms with Gasteiger partial charge in [0, 0.05) is 39.4 Å². The number of carbonyl (C=O) groups excluding carboxylic acids is 1. The first-order valence-electron chi connectivity index (χ1n) is 8.40. The molecular weight excluding hydrogens is 330 g/mol. The van der Waals surface area contributed by atoms with Gasteiger partial charge in [-0.05, 0) is 32.8 Å². The summed E-state index contributed by atoms with van der Waals surface area (Å²) in [6.07, 6.45) is 3.27. The maximum atomic E-state index is 12.8. The molecule has 8 heteroatoms. The van der Waals surface area contributed by atoms with Crippen LogP contribution in [-0.2, 0) is 21.8 Å². The Morgan fingerprint density at radius 1 is 1.17 bits per heavy atom. The van der Waals surface area contributed by atoms with E-state index in [9.17, 15) is 13.2 Å². The molecule has 3 heterocycles. The van der Waals surface area contributed by atoms with E-state index in [0.29, 0.717) is 31.9 Å². The van der Waals surface area contributed by atoms with Gasteiger partial charge in [0.15, 0.2) is 0 Å². The van der Waals surface area contributed by atoms with E-state index >= 15 is 0 Å². The third-order valence-corrected chi connectivity index (χ3v) is 6.47. The molecular formula is C16H25N3O4S. The molecule has 2 saturated heterocycles. The highest BCUT2D eigenvalue weighted by molar-refractivity contribution is 7.89. The van der Waals surface area contributed by atoms with Gasteiger partial charge in [-0.25, -0.2) is 8.42 Å². The lowest BCUT2D eigenvalue weighted by Crippen LogP contribution is -2.48. The van der Waals surface area contributed by atoms with Gasteiger partial charge < -0.3 is 14.2 Å². The summed E-state index contributed by atoms with van der Waals surface area (Å²) < 4.78 is 34.1. The number of carbonyl (C=O) groups is 1. The predicted molar refractivity (Wildman–Crippen MR) is 89.3 cm³/mol. The summed E-state index contributed by atoms with van der Waals surface area (Å²) in [5.74, 6) is -0.151. The van der Waals surface area contributed by atoms with Crippen molar-refractivity contribution in [3.63, 3.8) is 0 Å². The monoisotopic (exact) mass is 355 g/mol. The van der Waals surface area contributed by atoms with Crippen LogP contribution in [0.3, 0.4) is 0 Å². The van der Waals surface area contributed by atoms with Crippen molar-refractivity contribution >= 4 is 15.9 Å². The molecule has 2 aliphatic rings. The van der Waals surface area contributed by atoms with Crippen molar-refractivity contribution in [3.05, 3.63) is 18.0 Å². The van der Waals surface area contributed by atoms with Crippen molar-refractivity contribution in [2.75, 3.05) is 26.2 Å². The molecule has 0 saturated carbocycles. The van der Waals surface area contributed by atoms with Crippen LogP contribution in [0.2, 0.25) is 0 Å². The van der Waals surface area contributed by atoms with Crippen LogP contribution in [0.15, 0.2) is 17.2 Å². The van der Waals surface area contributed by atoms with Crippen LogP contribution in [0.25, 0.3) is 0 Å². The lowest BCUT2D eigenvalue weighted by Gasteiger charge is -2.35. The SMILES string of the molecule is CC1CN(C(=O)c2cc(S(=O)(=O)N3CCCC3)cn2C)CC(C)O1. The fraction of sp³-hybridized carbons (Fsp3) is 0.688. The van der Waals surface area contributed by atoms with Crippen LogP contribution in [0.4, 0.5) is 0 Å². The molecule has 7 nitrogen and oxygen atoms in total. The molecule has 2 fully saturated rings. The highest BCUT2D eigenvalue weighted by Crippen LogP contribution is 2.23. The Morgan fingerprint density at radius 3 is 2.33 bits per heavy atom. The van der Waals surface area contributed by atoms with Crippen molar-refractivity contribution in [2.24, 2.45) is 7.05 Å². The van der Waals surface area contributed by atoms with Crippen molar-refractivity contribution in [2.45, 2.75) is 43.8 Å². The highest BCUT2D eigenvalue weighted by Gasteiger charge is 2.32. The van der Waals surface area contributed by atoms with Crippen LogP contribution in [0.5, 0.6) is 0 Å². The molecule has 0 spiro atoms. The van der Waals surface area contributed by atoms with E-state index in [4.69, 9.17) is 4.74 Å². The minimum atomic E-state index is -3.51. The first-order chi connectivity index (χ1) is 11.3. The van der Waals surface area contributed by atoms with Gasteiger partial charge in [-0.3, -0.25) is 4.79 Å². The largest absolute Gasteiger partial charge is 0.372 e. The topological polar surface area (TPSA) is 71.9 Å². The van der Waals surface area contributed by atoms with E-state index in [1.165, 1.54) is 16.6 Å². The number of sulfonamides is 1. The molecule has 134 valence electrons. The Morgan fingerprint density at radius 2 is 1.75 bits per heavy atom. The molecule has 0 bridgehead atoms. The number of hydrogen-bond donors (Lipinski definition) is 0. The van der Waals surface area contributed by atoms with E-state index in [-0.39, 0.29) is 23.0 Å². The van der Waals surface area contributed by atoms with Gasteiger partial charge in [-0.2, -0.15) is 4.31 Å². The number of rotatable bonds is 3. The normalized spacial score (nSPS) is 26.0. The lowest BCUT2D eigenvalue weighted by atomic mass is 10.2. The predicted octanol–water partition coefficient (Wildman–Crippen LogP) is 1.06. The van der Waals surface area contributed by atoms with Crippen LogP contribution < -0.4 is 0 Å². The van der Waals surface area contributed by atoms with Crippen LogP contribution >= 0.6 is 0 Å². The molecule has 2 aliphatic heterocycles. The molecule has 2 unspecified atom stereocenters. The van der Waals surface area contributed by atoms with Gasteiger partial charge in [0.25, 0.3) is 5.91 Å². The molecule has 0 aromatic carbocycles. The van der Waals surface area contributed by atoms with E-state index in [2.05, 4.69) is 0 Å². The summed E-state index contributed by atoms with van der Waals surface area (Å²) in [6.45, 7) is 6.01. The lowest BCUT2D eigenvalue weighted by molar-refractivity contribution is -0.0588. The number of hydrogen-bond acceptors (Lipinski definition) is 4. The Hall–Kier alpha value is -1.38. The third kappa shape index (κ3) is 3.22.